The summed E-state index contributed by atoms with van der Waals surface area (Å²) in [6.07, 6.45) is 0.733. The third kappa shape index (κ3) is 2.17. The van der Waals surface area contributed by atoms with Gasteiger partial charge in [0.1, 0.15) is 5.54 Å². The van der Waals surface area contributed by atoms with E-state index in [1.54, 1.807) is 0 Å². The van der Waals surface area contributed by atoms with E-state index in [2.05, 4.69) is 10.1 Å². The van der Waals surface area contributed by atoms with Gasteiger partial charge in [-0.05, 0) is 20.5 Å². The second kappa shape index (κ2) is 3.88. The monoisotopic (exact) mass is 212 g/mol. The highest BCUT2D eigenvalue weighted by Crippen LogP contribution is 2.26. The maximum atomic E-state index is 6.09. The highest BCUT2D eigenvalue weighted by Gasteiger charge is 2.38. The highest BCUT2D eigenvalue weighted by atomic mass is 16.5. The van der Waals surface area contributed by atoms with Crippen LogP contribution < -0.4 is 5.73 Å². The highest BCUT2D eigenvalue weighted by molar-refractivity contribution is 5.04. The van der Waals surface area contributed by atoms with Crippen LogP contribution >= 0.6 is 0 Å². The zero-order chi connectivity index (χ0) is 10.9. The second-order valence-electron chi connectivity index (χ2n) is 4.21. The first-order chi connectivity index (χ1) is 7.10. The maximum absolute atomic E-state index is 6.09. The molecule has 1 fully saturated rings. The predicted molar refractivity (Wildman–Crippen MR) is 53.0 cm³/mol. The molecule has 2 N–H and O–H groups in total. The van der Waals surface area contributed by atoms with E-state index in [-0.39, 0.29) is 0 Å². The third-order valence-electron chi connectivity index (χ3n) is 2.40. The number of hydrogen-bond donors (Lipinski definition) is 1. The molecule has 1 atom stereocenters. The van der Waals surface area contributed by atoms with Crippen molar-refractivity contribution in [3.63, 3.8) is 0 Å². The first kappa shape index (κ1) is 10.5. The van der Waals surface area contributed by atoms with Gasteiger partial charge in [0.25, 0.3) is 0 Å². The van der Waals surface area contributed by atoms with Crippen molar-refractivity contribution in [3.8, 4) is 0 Å². The van der Waals surface area contributed by atoms with Gasteiger partial charge in [-0.3, -0.25) is 0 Å². The number of hydrogen-bond acceptors (Lipinski definition) is 6. The van der Waals surface area contributed by atoms with Crippen molar-refractivity contribution in [1.29, 1.82) is 0 Å². The summed E-state index contributed by atoms with van der Waals surface area (Å²) in [6.45, 7) is 1.76. The van der Waals surface area contributed by atoms with E-state index in [9.17, 15) is 0 Å². The molecule has 15 heavy (non-hydrogen) atoms. The summed E-state index contributed by atoms with van der Waals surface area (Å²) in [4.78, 5) is 6.25. The van der Waals surface area contributed by atoms with Gasteiger partial charge in [-0.25, -0.2) is 0 Å². The van der Waals surface area contributed by atoms with Crippen molar-refractivity contribution in [2.24, 2.45) is 5.73 Å². The molecule has 0 amide bonds. The van der Waals surface area contributed by atoms with Gasteiger partial charge in [-0.2, -0.15) is 4.98 Å². The number of ether oxygens (including phenoxy) is 1. The van der Waals surface area contributed by atoms with Crippen LogP contribution in [-0.2, 0) is 16.8 Å². The first-order valence-corrected chi connectivity index (χ1v) is 4.94. The van der Waals surface area contributed by atoms with Crippen LogP contribution in [0.25, 0.3) is 0 Å². The van der Waals surface area contributed by atoms with Crippen LogP contribution in [0.3, 0.4) is 0 Å². The lowest BCUT2D eigenvalue weighted by Crippen LogP contribution is -2.37. The Labute approximate surface area is 88.4 Å². The fraction of sp³-hybridized carbons (Fsp3) is 0.778. The molecule has 6 nitrogen and oxygen atoms in total. The maximum Gasteiger partial charge on any atom is 0.249 e. The molecule has 1 aromatic rings. The lowest BCUT2D eigenvalue weighted by molar-refractivity contribution is 0.166. The Bertz CT molecular complexity index is 331. The van der Waals surface area contributed by atoms with Crippen molar-refractivity contribution in [3.05, 3.63) is 11.7 Å². The largest absolute Gasteiger partial charge is 0.379 e. The van der Waals surface area contributed by atoms with Crippen molar-refractivity contribution < 1.29 is 9.26 Å². The summed E-state index contributed by atoms with van der Waals surface area (Å²) < 4.78 is 10.4. The smallest absolute Gasteiger partial charge is 0.249 e. The third-order valence-corrected chi connectivity index (χ3v) is 2.40. The number of aromatic nitrogens is 2. The first-order valence-electron chi connectivity index (χ1n) is 4.94. The van der Waals surface area contributed by atoms with E-state index in [4.69, 9.17) is 15.0 Å². The summed E-state index contributed by atoms with van der Waals surface area (Å²) in [6, 6.07) is 0. The minimum Gasteiger partial charge on any atom is -0.379 e. The Kier molecular flexibility index (Phi) is 2.72. The molecule has 1 aliphatic rings. The van der Waals surface area contributed by atoms with E-state index < -0.39 is 5.54 Å². The second-order valence-corrected chi connectivity index (χ2v) is 4.21. The lowest BCUT2D eigenvalue weighted by atomic mass is 10.0. The normalized spacial score (nSPS) is 26.4. The predicted octanol–water partition coefficient (Wildman–Crippen LogP) is -0.294. The average molecular weight is 212 g/mol. The number of nitrogens with zero attached hydrogens (tertiary/aromatic N) is 3. The van der Waals surface area contributed by atoms with Crippen LogP contribution in [0.15, 0.2) is 4.52 Å². The van der Waals surface area contributed by atoms with Crippen molar-refractivity contribution in [2.75, 3.05) is 27.3 Å². The van der Waals surface area contributed by atoms with Crippen LogP contribution in [-0.4, -0.2) is 42.3 Å². The Morgan fingerprint density at radius 2 is 2.33 bits per heavy atom. The number of nitrogens with two attached hydrogens (primary N) is 1. The standard InChI is InChI=1S/C9H16N4O2/c1-13(2)5-7-11-8(15-12-7)9(10)3-4-14-6-9/h3-6,10H2,1-2H3. The minimum absolute atomic E-state index is 0.455. The van der Waals surface area contributed by atoms with Gasteiger partial charge in [0.05, 0.1) is 13.2 Å². The van der Waals surface area contributed by atoms with Crippen molar-refractivity contribution in [1.82, 2.24) is 15.0 Å². The molecule has 0 aliphatic carbocycles. The molecule has 0 spiro atoms. The molecule has 1 aliphatic heterocycles. The van der Waals surface area contributed by atoms with Crippen molar-refractivity contribution in [2.45, 2.75) is 18.5 Å². The fourth-order valence-corrected chi connectivity index (χ4v) is 1.55. The molecule has 1 aromatic heterocycles. The Balaban J connectivity index is 2.12. The van der Waals surface area contributed by atoms with Crippen LogP contribution in [0.4, 0.5) is 0 Å². The molecule has 0 bridgehead atoms. The van der Waals surface area contributed by atoms with Crippen LogP contribution in [0.2, 0.25) is 0 Å². The summed E-state index contributed by atoms with van der Waals surface area (Å²) >= 11 is 0. The molecular weight excluding hydrogens is 196 g/mol. The minimum atomic E-state index is -0.586. The van der Waals surface area contributed by atoms with E-state index in [1.165, 1.54) is 0 Å². The molecule has 2 rings (SSSR count). The van der Waals surface area contributed by atoms with Crippen LogP contribution in [0.1, 0.15) is 18.1 Å². The lowest BCUT2D eigenvalue weighted by Gasteiger charge is -2.15. The van der Waals surface area contributed by atoms with Gasteiger partial charge >= 0.3 is 0 Å². The van der Waals surface area contributed by atoms with E-state index in [0.717, 1.165) is 6.42 Å². The molecule has 0 radical (unpaired) electrons. The Hall–Kier alpha value is -0.980. The average Bonchev–Trinajstić information content (AvgIpc) is 2.74. The molecule has 6 heteroatoms. The van der Waals surface area contributed by atoms with Gasteiger partial charge in [0.15, 0.2) is 5.82 Å². The van der Waals surface area contributed by atoms with Gasteiger partial charge in [0, 0.05) is 6.61 Å². The van der Waals surface area contributed by atoms with Crippen molar-refractivity contribution >= 4 is 0 Å². The fourth-order valence-electron chi connectivity index (χ4n) is 1.55. The summed E-state index contributed by atoms with van der Waals surface area (Å²) in [5, 5.41) is 3.88. The van der Waals surface area contributed by atoms with Crippen LogP contribution in [0, 0.1) is 0 Å². The molecule has 2 heterocycles. The zero-order valence-corrected chi connectivity index (χ0v) is 9.06. The van der Waals surface area contributed by atoms with Gasteiger partial charge in [-0.15, -0.1) is 0 Å². The molecule has 1 saturated heterocycles. The van der Waals surface area contributed by atoms with Gasteiger partial charge in [-0.1, -0.05) is 5.16 Å². The van der Waals surface area contributed by atoms with Gasteiger partial charge < -0.3 is 19.9 Å². The Morgan fingerprint density at radius 3 is 2.93 bits per heavy atom. The molecular formula is C9H16N4O2. The SMILES string of the molecule is CN(C)Cc1noc(C2(N)CCOC2)n1. The van der Waals surface area contributed by atoms with E-state index in [0.29, 0.717) is 31.5 Å². The quantitative estimate of drug-likeness (QED) is 0.741. The zero-order valence-electron chi connectivity index (χ0n) is 9.06. The topological polar surface area (TPSA) is 77.4 Å². The Morgan fingerprint density at radius 1 is 1.53 bits per heavy atom. The molecule has 1 unspecified atom stereocenters. The summed E-state index contributed by atoms with van der Waals surface area (Å²) in [5.74, 6) is 1.14. The van der Waals surface area contributed by atoms with Crippen LogP contribution in [0.5, 0.6) is 0 Å². The molecule has 84 valence electrons. The molecule has 0 aromatic carbocycles. The van der Waals surface area contributed by atoms with Gasteiger partial charge in [0.2, 0.25) is 5.89 Å². The summed E-state index contributed by atoms with van der Waals surface area (Å²) in [5.41, 5.74) is 5.50. The summed E-state index contributed by atoms with van der Waals surface area (Å²) in [7, 11) is 3.90. The molecule has 0 saturated carbocycles. The van der Waals surface area contributed by atoms with E-state index in [1.807, 2.05) is 19.0 Å². The number of rotatable bonds is 3. The van der Waals surface area contributed by atoms with E-state index >= 15 is 0 Å².